The summed E-state index contributed by atoms with van der Waals surface area (Å²) < 4.78 is 11.6. The van der Waals surface area contributed by atoms with E-state index in [4.69, 9.17) is 15.2 Å². The highest BCUT2D eigenvalue weighted by Crippen LogP contribution is 2.29. The molecule has 1 unspecified atom stereocenters. The van der Waals surface area contributed by atoms with E-state index < -0.39 is 5.54 Å². The SMILES string of the molecule is COc1cc(OC(C)CCCC(C)C)ccc1CC[C@@](N)(CO)CC(C)C. The highest BCUT2D eigenvalue weighted by atomic mass is 16.5. The van der Waals surface area contributed by atoms with Crippen LogP contribution in [0.4, 0.5) is 0 Å². The number of aliphatic hydroxyl groups is 1. The van der Waals surface area contributed by atoms with Gasteiger partial charge in [0.05, 0.1) is 19.8 Å². The number of ether oxygens (including phenoxy) is 2. The van der Waals surface area contributed by atoms with Crippen LogP contribution in [0, 0.1) is 11.8 Å². The van der Waals surface area contributed by atoms with Gasteiger partial charge >= 0.3 is 0 Å². The van der Waals surface area contributed by atoms with Gasteiger partial charge in [-0.3, -0.25) is 0 Å². The largest absolute Gasteiger partial charge is 0.496 e. The molecule has 0 saturated heterocycles. The molecule has 0 spiro atoms. The Balaban J connectivity index is 2.68. The van der Waals surface area contributed by atoms with Crippen LogP contribution in [0.3, 0.4) is 0 Å². The average molecular weight is 380 g/mol. The predicted molar refractivity (Wildman–Crippen MR) is 114 cm³/mol. The molecule has 0 aromatic heterocycles. The number of rotatable bonds is 13. The molecule has 3 N–H and O–H groups in total. The summed E-state index contributed by atoms with van der Waals surface area (Å²) in [6, 6.07) is 6.03. The molecule has 0 amide bonds. The molecule has 1 aromatic carbocycles. The number of aliphatic hydroxyl groups excluding tert-OH is 1. The third-order valence-corrected chi connectivity index (χ3v) is 5.01. The minimum absolute atomic E-state index is 0.00256. The lowest BCUT2D eigenvalue weighted by molar-refractivity contribution is 0.165. The summed E-state index contributed by atoms with van der Waals surface area (Å²) in [5, 5.41) is 9.71. The van der Waals surface area contributed by atoms with Crippen LogP contribution in [-0.2, 0) is 6.42 Å². The first-order valence-corrected chi connectivity index (χ1v) is 10.4. The lowest BCUT2D eigenvalue weighted by Crippen LogP contribution is -2.45. The summed E-state index contributed by atoms with van der Waals surface area (Å²) in [5.74, 6) is 2.86. The second-order valence-electron chi connectivity index (χ2n) is 8.85. The summed E-state index contributed by atoms with van der Waals surface area (Å²) in [4.78, 5) is 0. The Morgan fingerprint density at radius 2 is 1.78 bits per heavy atom. The van der Waals surface area contributed by atoms with Crippen LogP contribution in [0.1, 0.15) is 72.3 Å². The zero-order valence-corrected chi connectivity index (χ0v) is 18.3. The highest BCUT2D eigenvalue weighted by Gasteiger charge is 2.25. The van der Waals surface area contributed by atoms with Crippen molar-refractivity contribution in [1.29, 1.82) is 0 Å². The van der Waals surface area contributed by atoms with Crippen LogP contribution in [0.5, 0.6) is 11.5 Å². The zero-order chi connectivity index (χ0) is 20.4. The molecule has 2 atom stereocenters. The molecule has 0 heterocycles. The maximum atomic E-state index is 9.71. The van der Waals surface area contributed by atoms with Crippen LogP contribution in [0.2, 0.25) is 0 Å². The Kier molecular flexibility index (Phi) is 10.2. The smallest absolute Gasteiger partial charge is 0.125 e. The Morgan fingerprint density at radius 3 is 2.33 bits per heavy atom. The molecule has 0 radical (unpaired) electrons. The molecule has 0 aliphatic heterocycles. The first kappa shape index (κ1) is 23.8. The molecule has 27 heavy (non-hydrogen) atoms. The number of aryl methyl sites for hydroxylation is 1. The summed E-state index contributed by atoms with van der Waals surface area (Å²) in [5.41, 5.74) is 6.94. The second kappa shape index (κ2) is 11.6. The molecule has 1 rings (SSSR count). The van der Waals surface area contributed by atoms with E-state index >= 15 is 0 Å². The first-order valence-electron chi connectivity index (χ1n) is 10.4. The minimum Gasteiger partial charge on any atom is -0.496 e. The van der Waals surface area contributed by atoms with Gasteiger partial charge in [0, 0.05) is 11.6 Å². The lowest BCUT2D eigenvalue weighted by atomic mass is 9.85. The fourth-order valence-electron chi connectivity index (χ4n) is 3.55. The standard InChI is InChI=1S/C23H41NO3/c1-17(2)8-7-9-19(5)27-21-11-10-20(22(14-21)26-6)12-13-23(24,16-25)15-18(3)4/h10-11,14,17-19,25H,7-9,12-13,15-16,24H2,1-6H3/t19?,23-/m0/s1. The molecular formula is C23H41NO3. The van der Waals surface area contributed by atoms with Gasteiger partial charge in [0.2, 0.25) is 0 Å². The molecular weight excluding hydrogens is 338 g/mol. The Bertz CT molecular complexity index is 544. The van der Waals surface area contributed by atoms with E-state index in [-0.39, 0.29) is 12.7 Å². The van der Waals surface area contributed by atoms with Crippen LogP contribution in [0.15, 0.2) is 18.2 Å². The van der Waals surface area contributed by atoms with Gasteiger partial charge in [0.1, 0.15) is 11.5 Å². The second-order valence-corrected chi connectivity index (χ2v) is 8.85. The van der Waals surface area contributed by atoms with Crippen molar-refractivity contribution in [3.05, 3.63) is 23.8 Å². The van der Waals surface area contributed by atoms with Crippen molar-refractivity contribution in [3.8, 4) is 11.5 Å². The van der Waals surface area contributed by atoms with Crippen molar-refractivity contribution in [2.24, 2.45) is 17.6 Å². The van der Waals surface area contributed by atoms with Crippen LogP contribution in [-0.4, -0.2) is 30.5 Å². The van der Waals surface area contributed by atoms with E-state index in [0.717, 1.165) is 48.7 Å². The maximum absolute atomic E-state index is 9.71. The van der Waals surface area contributed by atoms with E-state index in [1.54, 1.807) is 7.11 Å². The summed E-state index contributed by atoms with van der Waals surface area (Å²) >= 11 is 0. The molecule has 1 aromatic rings. The van der Waals surface area contributed by atoms with Crippen LogP contribution in [0.25, 0.3) is 0 Å². The number of methoxy groups -OCH3 is 1. The fourth-order valence-corrected chi connectivity index (χ4v) is 3.55. The summed E-state index contributed by atoms with van der Waals surface area (Å²) in [6.07, 6.45) is 5.98. The van der Waals surface area contributed by atoms with Crippen molar-refractivity contribution >= 4 is 0 Å². The van der Waals surface area contributed by atoms with Gasteiger partial charge in [-0.15, -0.1) is 0 Å². The summed E-state index contributed by atoms with van der Waals surface area (Å²) in [6.45, 7) is 10.9. The van der Waals surface area contributed by atoms with E-state index in [1.807, 2.05) is 12.1 Å². The molecule has 0 fully saturated rings. The van der Waals surface area contributed by atoms with Gasteiger partial charge in [0.15, 0.2) is 0 Å². The Hall–Kier alpha value is -1.26. The van der Waals surface area contributed by atoms with Gasteiger partial charge in [-0.2, -0.15) is 0 Å². The van der Waals surface area contributed by atoms with E-state index in [0.29, 0.717) is 5.92 Å². The number of nitrogens with two attached hydrogens (primary N) is 1. The van der Waals surface area contributed by atoms with Gasteiger partial charge < -0.3 is 20.3 Å². The molecule has 0 aliphatic carbocycles. The number of hydrogen-bond donors (Lipinski definition) is 2. The minimum atomic E-state index is -0.542. The fraction of sp³-hybridized carbons (Fsp3) is 0.739. The van der Waals surface area contributed by atoms with Gasteiger partial charge in [-0.05, 0) is 62.5 Å². The maximum Gasteiger partial charge on any atom is 0.125 e. The number of hydrogen-bond acceptors (Lipinski definition) is 4. The van der Waals surface area contributed by atoms with Gasteiger partial charge in [-0.1, -0.05) is 40.2 Å². The molecule has 4 heteroatoms. The van der Waals surface area contributed by atoms with Crippen LogP contribution >= 0.6 is 0 Å². The Labute approximate surface area is 166 Å². The van der Waals surface area contributed by atoms with Crippen molar-refractivity contribution in [2.75, 3.05) is 13.7 Å². The van der Waals surface area contributed by atoms with Crippen LogP contribution < -0.4 is 15.2 Å². The Morgan fingerprint density at radius 1 is 1.07 bits per heavy atom. The highest BCUT2D eigenvalue weighted by molar-refractivity contribution is 5.41. The van der Waals surface area contributed by atoms with E-state index in [9.17, 15) is 5.11 Å². The topological polar surface area (TPSA) is 64.7 Å². The van der Waals surface area contributed by atoms with E-state index in [1.165, 1.54) is 12.8 Å². The molecule has 156 valence electrons. The first-order chi connectivity index (χ1) is 12.7. The number of benzene rings is 1. The monoisotopic (exact) mass is 379 g/mol. The third-order valence-electron chi connectivity index (χ3n) is 5.01. The van der Waals surface area contributed by atoms with Gasteiger partial charge in [-0.25, -0.2) is 0 Å². The molecule has 0 bridgehead atoms. The van der Waals surface area contributed by atoms with Crippen molar-refractivity contribution in [2.45, 2.75) is 84.8 Å². The normalized spacial score (nSPS) is 15.0. The predicted octanol–water partition coefficient (Wildman–Crippen LogP) is 4.96. The van der Waals surface area contributed by atoms with E-state index in [2.05, 4.69) is 40.7 Å². The molecule has 4 nitrogen and oxygen atoms in total. The van der Waals surface area contributed by atoms with Crippen molar-refractivity contribution in [3.63, 3.8) is 0 Å². The quantitative estimate of drug-likeness (QED) is 0.508. The average Bonchev–Trinajstić information content (AvgIpc) is 2.59. The van der Waals surface area contributed by atoms with Gasteiger partial charge in [0.25, 0.3) is 0 Å². The summed E-state index contributed by atoms with van der Waals surface area (Å²) in [7, 11) is 1.69. The lowest BCUT2D eigenvalue weighted by Gasteiger charge is -2.29. The van der Waals surface area contributed by atoms with Crippen molar-refractivity contribution in [1.82, 2.24) is 0 Å². The molecule has 0 aliphatic rings. The molecule has 0 saturated carbocycles. The third kappa shape index (κ3) is 8.98. The zero-order valence-electron chi connectivity index (χ0n) is 18.3. The van der Waals surface area contributed by atoms with Crippen molar-refractivity contribution < 1.29 is 14.6 Å².